The number of hydrogen-bond acceptors (Lipinski definition) is 5. The second-order valence-electron chi connectivity index (χ2n) is 6.99. The van der Waals surface area contributed by atoms with Crippen molar-refractivity contribution in [2.75, 3.05) is 21.3 Å². The van der Waals surface area contributed by atoms with Gasteiger partial charge in [-0.2, -0.15) is 5.10 Å². The topological polar surface area (TPSA) is 69.2 Å². The number of carbonyl (C=O) groups is 1. The van der Waals surface area contributed by atoms with Crippen LogP contribution in [0, 0.1) is 0 Å². The monoisotopic (exact) mass is 370 g/mol. The van der Waals surface area contributed by atoms with Crippen LogP contribution in [0.3, 0.4) is 0 Å². The molecule has 2 aromatic rings. The first kappa shape index (κ1) is 20.3. The van der Waals surface area contributed by atoms with Gasteiger partial charge in [0.25, 0.3) is 5.91 Å². The smallest absolute Gasteiger partial charge is 0.271 e. The summed E-state index contributed by atoms with van der Waals surface area (Å²) in [5.74, 6) is 1.25. The van der Waals surface area contributed by atoms with Gasteiger partial charge in [-0.3, -0.25) is 4.79 Å². The van der Waals surface area contributed by atoms with Gasteiger partial charge in [0.05, 0.1) is 27.5 Å². The minimum atomic E-state index is -0.279. The number of benzene rings is 2. The lowest BCUT2D eigenvalue weighted by atomic mass is 9.87. The van der Waals surface area contributed by atoms with Crippen molar-refractivity contribution in [2.45, 2.75) is 26.2 Å². The average molecular weight is 370 g/mol. The number of methoxy groups -OCH3 is 3. The number of hydrazone groups is 1. The molecule has 0 atom stereocenters. The molecule has 0 heterocycles. The fourth-order valence-electron chi connectivity index (χ4n) is 2.53. The standard InChI is InChI=1S/C21H26N2O4/c1-21(2,3)16-9-7-15(8-10-16)20(24)23-22-13-14-11-17(25-4)19(27-6)18(12-14)26-5/h7-13H,1-6H3,(H,23,24)/b22-13-. The maximum Gasteiger partial charge on any atom is 0.271 e. The summed E-state index contributed by atoms with van der Waals surface area (Å²) >= 11 is 0. The van der Waals surface area contributed by atoms with Crippen molar-refractivity contribution in [2.24, 2.45) is 5.10 Å². The second kappa shape index (κ2) is 8.58. The van der Waals surface area contributed by atoms with Gasteiger partial charge in [0, 0.05) is 11.1 Å². The molecule has 6 heteroatoms. The number of nitrogens with one attached hydrogen (secondary N) is 1. The molecular weight excluding hydrogens is 344 g/mol. The highest BCUT2D eigenvalue weighted by Crippen LogP contribution is 2.37. The zero-order chi connectivity index (χ0) is 20.0. The molecule has 2 aromatic carbocycles. The molecule has 0 aliphatic heterocycles. The number of ether oxygens (including phenoxy) is 3. The minimum Gasteiger partial charge on any atom is -0.493 e. The van der Waals surface area contributed by atoms with E-state index in [9.17, 15) is 4.79 Å². The van der Waals surface area contributed by atoms with Crippen LogP contribution in [0.15, 0.2) is 41.5 Å². The molecule has 0 spiro atoms. The molecule has 0 unspecified atom stereocenters. The van der Waals surface area contributed by atoms with E-state index in [-0.39, 0.29) is 11.3 Å². The average Bonchev–Trinajstić information content (AvgIpc) is 2.66. The van der Waals surface area contributed by atoms with Crippen LogP contribution in [0.1, 0.15) is 42.3 Å². The van der Waals surface area contributed by atoms with Gasteiger partial charge in [0.1, 0.15) is 0 Å². The number of nitrogens with zero attached hydrogens (tertiary/aromatic N) is 1. The predicted molar refractivity (Wildman–Crippen MR) is 106 cm³/mol. The van der Waals surface area contributed by atoms with E-state index in [1.165, 1.54) is 11.8 Å². The van der Waals surface area contributed by atoms with Crippen LogP contribution < -0.4 is 19.6 Å². The van der Waals surface area contributed by atoms with Crippen LogP contribution >= 0.6 is 0 Å². The summed E-state index contributed by atoms with van der Waals surface area (Å²) in [6.07, 6.45) is 1.52. The van der Waals surface area contributed by atoms with E-state index < -0.39 is 0 Å². The normalized spacial score (nSPS) is 11.3. The van der Waals surface area contributed by atoms with Crippen LogP contribution in [-0.4, -0.2) is 33.5 Å². The Balaban J connectivity index is 2.12. The molecule has 0 aliphatic rings. The number of hydrogen-bond donors (Lipinski definition) is 1. The minimum absolute atomic E-state index is 0.0413. The van der Waals surface area contributed by atoms with Crippen molar-refractivity contribution in [1.82, 2.24) is 5.43 Å². The van der Waals surface area contributed by atoms with Crippen LogP contribution in [0.25, 0.3) is 0 Å². The Labute approximate surface area is 160 Å². The lowest BCUT2D eigenvalue weighted by Gasteiger charge is -2.18. The molecule has 0 bridgehead atoms. The Kier molecular flexibility index (Phi) is 6.45. The van der Waals surface area contributed by atoms with E-state index in [0.29, 0.717) is 28.4 Å². The third-order valence-corrected chi connectivity index (χ3v) is 4.08. The predicted octanol–water partition coefficient (Wildman–Crippen LogP) is 3.77. The van der Waals surface area contributed by atoms with Crippen LogP contribution in [0.5, 0.6) is 17.2 Å². The molecule has 0 fully saturated rings. The summed E-state index contributed by atoms with van der Waals surface area (Å²) in [4.78, 5) is 12.2. The molecule has 0 aliphatic carbocycles. The molecule has 27 heavy (non-hydrogen) atoms. The molecule has 0 saturated heterocycles. The first-order chi connectivity index (χ1) is 12.8. The number of rotatable bonds is 6. The van der Waals surface area contributed by atoms with Crippen LogP contribution in [0.2, 0.25) is 0 Å². The Bertz CT molecular complexity index is 796. The van der Waals surface area contributed by atoms with E-state index >= 15 is 0 Å². The lowest BCUT2D eigenvalue weighted by Crippen LogP contribution is -2.18. The van der Waals surface area contributed by atoms with Crippen molar-refractivity contribution >= 4 is 12.1 Å². The summed E-state index contributed by atoms with van der Waals surface area (Å²) < 4.78 is 15.9. The zero-order valence-corrected chi connectivity index (χ0v) is 16.6. The third-order valence-electron chi connectivity index (χ3n) is 4.08. The van der Waals surface area contributed by atoms with Crippen molar-refractivity contribution < 1.29 is 19.0 Å². The molecule has 6 nitrogen and oxygen atoms in total. The first-order valence-corrected chi connectivity index (χ1v) is 8.54. The fraction of sp³-hybridized carbons (Fsp3) is 0.333. The van der Waals surface area contributed by atoms with E-state index in [2.05, 4.69) is 31.3 Å². The number of amides is 1. The highest BCUT2D eigenvalue weighted by molar-refractivity contribution is 5.95. The summed E-state index contributed by atoms with van der Waals surface area (Å²) in [5.41, 5.74) is 4.98. The SMILES string of the molecule is COc1cc(/C=N\NC(=O)c2ccc(C(C)(C)C)cc2)cc(OC)c1OC. The van der Waals surface area contributed by atoms with E-state index in [1.54, 1.807) is 45.6 Å². The molecule has 144 valence electrons. The molecule has 0 radical (unpaired) electrons. The van der Waals surface area contributed by atoms with Gasteiger partial charge in [-0.05, 0) is 35.2 Å². The van der Waals surface area contributed by atoms with Crippen molar-refractivity contribution in [3.8, 4) is 17.2 Å². The fourth-order valence-corrected chi connectivity index (χ4v) is 2.53. The second-order valence-corrected chi connectivity index (χ2v) is 6.99. The van der Waals surface area contributed by atoms with Crippen molar-refractivity contribution in [3.63, 3.8) is 0 Å². The third kappa shape index (κ3) is 5.00. The molecular formula is C21H26N2O4. The van der Waals surface area contributed by atoms with E-state index in [1.807, 2.05) is 12.1 Å². The summed E-state index contributed by atoms with van der Waals surface area (Å²) in [6.45, 7) is 6.39. The molecule has 1 N–H and O–H groups in total. The molecule has 2 rings (SSSR count). The zero-order valence-electron chi connectivity index (χ0n) is 16.6. The number of carbonyl (C=O) groups excluding carboxylic acids is 1. The highest BCUT2D eigenvalue weighted by atomic mass is 16.5. The van der Waals surface area contributed by atoms with Crippen molar-refractivity contribution in [3.05, 3.63) is 53.1 Å². The van der Waals surface area contributed by atoms with E-state index in [0.717, 1.165) is 0 Å². The quantitative estimate of drug-likeness (QED) is 0.621. The Morgan fingerprint density at radius 3 is 1.96 bits per heavy atom. The van der Waals surface area contributed by atoms with Crippen molar-refractivity contribution in [1.29, 1.82) is 0 Å². The largest absolute Gasteiger partial charge is 0.493 e. The van der Waals surface area contributed by atoms with Gasteiger partial charge in [-0.1, -0.05) is 32.9 Å². The van der Waals surface area contributed by atoms with E-state index in [4.69, 9.17) is 14.2 Å². The van der Waals surface area contributed by atoms with Gasteiger partial charge >= 0.3 is 0 Å². The van der Waals surface area contributed by atoms with Gasteiger partial charge in [0.15, 0.2) is 11.5 Å². The van der Waals surface area contributed by atoms with Crippen LogP contribution in [-0.2, 0) is 5.41 Å². The Morgan fingerprint density at radius 1 is 0.963 bits per heavy atom. The maximum absolute atomic E-state index is 12.2. The first-order valence-electron chi connectivity index (χ1n) is 8.54. The maximum atomic E-state index is 12.2. The Morgan fingerprint density at radius 2 is 1.52 bits per heavy atom. The Hall–Kier alpha value is -3.02. The van der Waals surface area contributed by atoms with Crippen LogP contribution in [0.4, 0.5) is 0 Å². The summed E-state index contributed by atoms with van der Waals surface area (Å²) in [5, 5.41) is 4.02. The molecule has 0 aromatic heterocycles. The lowest BCUT2D eigenvalue weighted by molar-refractivity contribution is 0.0955. The highest BCUT2D eigenvalue weighted by Gasteiger charge is 2.14. The van der Waals surface area contributed by atoms with Gasteiger partial charge in [-0.25, -0.2) is 5.43 Å². The van der Waals surface area contributed by atoms with Gasteiger partial charge < -0.3 is 14.2 Å². The van der Waals surface area contributed by atoms with Gasteiger partial charge in [-0.15, -0.1) is 0 Å². The summed E-state index contributed by atoms with van der Waals surface area (Å²) in [6, 6.07) is 11.0. The van der Waals surface area contributed by atoms with Gasteiger partial charge in [0.2, 0.25) is 5.75 Å². The summed E-state index contributed by atoms with van der Waals surface area (Å²) in [7, 11) is 4.63. The molecule has 1 amide bonds. The molecule has 0 saturated carbocycles.